The van der Waals surface area contributed by atoms with Crippen molar-refractivity contribution in [2.24, 2.45) is 17.3 Å². The van der Waals surface area contributed by atoms with Gasteiger partial charge in [0.15, 0.2) is 0 Å². The van der Waals surface area contributed by atoms with Gasteiger partial charge in [-0.15, -0.1) is 0 Å². The van der Waals surface area contributed by atoms with Crippen molar-refractivity contribution < 1.29 is 5.11 Å². The second kappa shape index (κ2) is 3.83. The first-order valence-electron chi connectivity index (χ1n) is 5.36. The predicted molar refractivity (Wildman–Crippen MR) is 56.5 cm³/mol. The Bertz CT molecular complexity index is 183. The van der Waals surface area contributed by atoms with Gasteiger partial charge in [0.2, 0.25) is 0 Å². The molecule has 0 saturated carbocycles. The highest BCUT2D eigenvalue weighted by Gasteiger charge is 2.42. The molecule has 0 fully saturated rings. The SMILES string of the molecule is CC(C)C1(C(C)C)CCC=CC1O. The first-order chi connectivity index (χ1) is 6.01. The molecular formula is C12H22O. The highest BCUT2D eigenvalue weighted by atomic mass is 16.3. The Kier molecular flexibility index (Phi) is 3.18. The lowest BCUT2D eigenvalue weighted by Gasteiger charge is -2.46. The fraction of sp³-hybridized carbons (Fsp3) is 0.833. The molecule has 0 amide bonds. The molecule has 0 spiro atoms. The quantitative estimate of drug-likeness (QED) is 0.651. The summed E-state index contributed by atoms with van der Waals surface area (Å²) in [5.74, 6) is 1.10. The van der Waals surface area contributed by atoms with Crippen LogP contribution in [0.5, 0.6) is 0 Å². The van der Waals surface area contributed by atoms with Gasteiger partial charge < -0.3 is 5.11 Å². The molecule has 0 saturated heterocycles. The number of hydrogen-bond acceptors (Lipinski definition) is 1. The highest BCUT2D eigenvalue weighted by Crippen LogP contribution is 2.45. The van der Waals surface area contributed by atoms with Crippen LogP contribution in [0, 0.1) is 17.3 Å². The highest BCUT2D eigenvalue weighted by molar-refractivity contribution is 5.07. The van der Waals surface area contributed by atoms with Crippen LogP contribution in [0.25, 0.3) is 0 Å². The summed E-state index contributed by atoms with van der Waals surface area (Å²) in [7, 11) is 0. The maximum absolute atomic E-state index is 10.1. The molecule has 0 aromatic heterocycles. The normalized spacial score (nSPS) is 27.2. The Morgan fingerprint density at radius 3 is 2.08 bits per heavy atom. The van der Waals surface area contributed by atoms with Gasteiger partial charge in [-0.05, 0) is 24.7 Å². The van der Waals surface area contributed by atoms with E-state index in [1.807, 2.05) is 6.08 Å². The summed E-state index contributed by atoms with van der Waals surface area (Å²) < 4.78 is 0. The predicted octanol–water partition coefficient (Wildman–Crippen LogP) is 3.00. The average molecular weight is 182 g/mol. The van der Waals surface area contributed by atoms with Crippen LogP contribution in [0.1, 0.15) is 40.5 Å². The zero-order valence-electron chi connectivity index (χ0n) is 9.25. The number of aliphatic hydroxyl groups excluding tert-OH is 1. The number of hydrogen-bond donors (Lipinski definition) is 1. The summed E-state index contributed by atoms with van der Waals surface area (Å²) >= 11 is 0. The second-order valence-electron chi connectivity index (χ2n) is 4.83. The Balaban J connectivity index is 2.96. The van der Waals surface area contributed by atoms with Crippen LogP contribution in [0.15, 0.2) is 12.2 Å². The Hall–Kier alpha value is -0.300. The average Bonchev–Trinajstić information content (AvgIpc) is 2.04. The molecule has 76 valence electrons. The van der Waals surface area contributed by atoms with Crippen molar-refractivity contribution in [2.45, 2.75) is 46.6 Å². The van der Waals surface area contributed by atoms with Crippen LogP contribution in [0.2, 0.25) is 0 Å². The minimum absolute atomic E-state index is 0.106. The molecule has 1 aliphatic rings. The Labute approximate surface area is 81.9 Å². The lowest BCUT2D eigenvalue weighted by molar-refractivity contribution is -0.0297. The van der Waals surface area contributed by atoms with Crippen molar-refractivity contribution in [1.82, 2.24) is 0 Å². The molecule has 0 aromatic rings. The van der Waals surface area contributed by atoms with Crippen molar-refractivity contribution in [3.05, 3.63) is 12.2 Å². The van der Waals surface area contributed by atoms with Crippen molar-refractivity contribution in [2.75, 3.05) is 0 Å². The maximum Gasteiger partial charge on any atom is 0.0782 e. The third-order valence-electron chi connectivity index (χ3n) is 3.76. The van der Waals surface area contributed by atoms with E-state index in [0.29, 0.717) is 11.8 Å². The molecule has 13 heavy (non-hydrogen) atoms. The van der Waals surface area contributed by atoms with Crippen molar-refractivity contribution in [3.63, 3.8) is 0 Å². The van der Waals surface area contributed by atoms with E-state index in [1.165, 1.54) is 0 Å². The molecule has 1 atom stereocenters. The molecule has 1 unspecified atom stereocenters. The molecule has 1 N–H and O–H groups in total. The van der Waals surface area contributed by atoms with Crippen LogP contribution in [0.3, 0.4) is 0 Å². The van der Waals surface area contributed by atoms with E-state index >= 15 is 0 Å². The van der Waals surface area contributed by atoms with Gasteiger partial charge in [-0.2, -0.15) is 0 Å². The van der Waals surface area contributed by atoms with E-state index in [4.69, 9.17) is 0 Å². The smallest absolute Gasteiger partial charge is 0.0782 e. The van der Waals surface area contributed by atoms with Crippen LogP contribution >= 0.6 is 0 Å². The third kappa shape index (κ3) is 1.67. The largest absolute Gasteiger partial charge is 0.388 e. The molecule has 1 nitrogen and oxygen atoms in total. The third-order valence-corrected chi connectivity index (χ3v) is 3.76. The Morgan fingerprint density at radius 2 is 1.77 bits per heavy atom. The van der Waals surface area contributed by atoms with Gasteiger partial charge in [0.1, 0.15) is 0 Å². The maximum atomic E-state index is 10.1. The van der Waals surface area contributed by atoms with Crippen molar-refractivity contribution in [1.29, 1.82) is 0 Å². The summed E-state index contributed by atoms with van der Waals surface area (Å²) in [6.07, 6.45) is 6.08. The number of aliphatic hydroxyl groups is 1. The molecule has 1 rings (SSSR count). The lowest BCUT2D eigenvalue weighted by Crippen LogP contribution is -2.44. The van der Waals surface area contributed by atoms with Crippen LogP contribution < -0.4 is 0 Å². The number of rotatable bonds is 2. The van der Waals surface area contributed by atoms with Crippen LogP contribution in [0.4, 0.5) is 0 Å². The van der Waals surface area contributed by atoms with Gasteiger partial charge in [0.05, 0.1) is 6.10 Å². The van der Waals surface area contributed by atoms with Gasteiger partial charge in [-0.25, -0.2) is 0 Å². The van der Waals surface area contributed by atoms with Crippen molar-refractivity contribution >= 4 is 0 Å². The fourth-order valence-electron chi connectivity index (χ4n) is 2.81. The molecule has 0 aromatic carbocycles. The zero-order valence-corrected chi connectivity index (χ0v) is 9.25. The zero-order chi connectivity index (χ0) is 10.1. The van der Waals surface area contributed by atoms with E-state index in [2.05, 4.69) is 33.8 Å². The summed E-state index contributed by atoms with van der Waals surface area (Å²) in [5, 5.41) is 10.1. The van der Waals surface area contributed by atoms with Crippen LogP contribution in [-0.2, 0) is 0 Å². The fourth-order valence-corrected chi connectivity index (χ4v) is 2.81. The van der Waals surface area contributed by atoms with Crippen molar-refractivity contribution in [3.8, 4) is 0 Å². The lowest BCUT2D eigenvalue weighted by atomic mass is 9.61. The van der Waals surface area contributed by atoms with Gasteiger partial charge in [-0.3, -0.25) is 0 Å². The van der Waals surface area contributed by atoms with E-state index in [-0.39, 0.29) is 11.5 Å². The van der Waals surface area contributed by atoms with Crippen LogP contribution in [-0.4, -0.2) is 11.2 Å². The molecule has 1 aliphatic carbocycles. The van der Waals surface area contributed by atoms with Gasteiger partial charge in [0.25, 0.3) is 0 Å². The minimum atomic E-state index is -0.249. The topological polar surface area (TPSA) is 20.2 Å². The summed E-state index contributed by atoms with van der Waals surface area (Å²) in [4.78, 5) is 0. The molecule has 0 bridgehead atoms. The first kappa shape index (κ1) is 10.8. The molecule has 1 heteroatoms. The molecule has 0 radical (unpaired) electrons. The van der Waals surface area contributed by atoms with E-state index in [0.717, 1.165) is 12.8 Å². The van der Waals surface area contributed by atoms with Gasteiger partial charge >= 0.3 is 0 Å². The second-order valence-corrected chi connectivity index (χ2v) is 4.83. The standard InChI is InChI=1S/C12H22O/c1-9(2)12(10(3)4)8-6-5-7-11(12)13/h5,7,9-11,13H,6,8H2,1-4H3. The van der Waals surface area contributed by atoms with E-state index in [1.54, 1.807) is 0 Å². The minimum Gasteiger partial charge on any atom is -0.388 e. The summed E-state index contributed by atoms with van der Waals surface area (Å²) in [6.45, 7) is 8.90. The first-order valence-corrected chi connectivity index (χ1v) is 5.36. The summed E-state index contributed by atoms with van der Waals surface area (Å²) in [5.41, 5.74) is 0.106. The van der Waals surface area contributed by atoms with E-state index < -0.39 is 0 Å². The van der Waals surface area contributed by atoms with Gasteiger partial charge in [0, 0.05) is 5.41 Å². The van der Waals surface area contributed by atoms with Gasteiger partial charge in [-0.1, -0.05) is 39.8 Å². The molecule has 0 heterocycles. The number of allylic oxidation sites excluding steroid dienone is 1. The Morgan fingerprint density at radius 1 is 1.23 bits per heavy atom. The summed E-state index contributed by atoms with van der Waals surface area (Å²) in [6, 6.07) is 0. The molecule has 0 aliphatic heterocycles. The monoisotopic (exact) mass is 182 g/mol. The van der Waals surface area contributed by atoms with E-state index in [9.17, 15) is 5.11 Å². The molecular weight excluding hydrogens is 160 g/mol.